The third-order valence-corrected chi connectivity index (χ3v) is 2.11. The molecule has 4 nitrogen and oxygen atoms in total. The van der Waals surface area contributed by atoms with Crippen LogP contribution in [-0.4, -0.2) is 36.5 Å². The molecule has 4 heteroatoms. The molecule has 3 atom stereocenters. The predicted octanol–water partition coefficient (Wildman–Crippen LogP) is 0.335. The fourth-order valence-corrected chi connectivity index (χ4v) is 1.24. The predicted molar refractivity (Wildman–Crippen MR) is 46.2 cm³/mol. The smallest absolute Gasteiger partial charge is 0.337 e. The second-order valence-electron chi connectivity index (χ2n) is 3.39. The molecule has 1 rings (SSSR count). The summed E-state index contributed by atoms with van der Waals surface area (Å²) >= 11 is 0. The third-order valence-electron chi connectivity index (χ3n) is 2.11. The average Bonchev–Trinajstić information content (AvgIpc) is 2.44. The van der Waals surface area contributed by atoms with Gasteiger partial charge in [-0.1, -0.05) is 13.8 Å². The van der Waals surface area contributed by atoms with E-state index in [4.69, 9.17) is 9.47 Å². The van der Waals surface area contributed by atoms with Crippen LogP contribution in [0.15, 0.2) is 0 Å². The molecule has 1 saturated heterocycles. The summed E-state index contributed by atoms with van der Waals surface area (Å²) in [5.74, 6) is -0.433. The molecule has 0 bridgehead atoms. The van der Waals surface area contributed by atoms with Gasteiger partial charge in [0, 0.05) is 5.92 Å². The Labute approximate surface area is 77.8 Å². The van der Waals surface area contributed by atoms with Gasteiger partial charge >= 0.3 is 5.97 Å². The summed E-state index contributed by atoms with van der Waals surface area (Å²) in [5, 5.41) is 9.50. The number of ether oxygens (including phenoxy) is 2. The van der Waals surface area contributed by atoms with Crippen LogP contribution >= 0.6 is 0 Å². The first-order chi connectivity index (χ1) is 6.16. The second-order valence-corrected chi connectivity index (χ2v) is 3.39. The molecule has 0 aromatic heterocycles. The van der Waals surface area contributed by atoms with Crippen LogP contribution in [0.2, 0.25) is 0 Å². The molecule has 0 saturated carbocycles. The number of rotatable bonds is 3. The van der Waals surface area contributed by atoms with Crippen LogP contribution in [0.25, 0.3) is 0 Å². The number of esters is 1. The highest BCUT2D eigenvalue weighted by molar-refractivity contribution is 5.75. The van der Waals surface area contributed by atoms with Crippen molar-refractivity contribution in [1.29, 1.82) is 0 Å². The van der Waals surface area contributed by atoms with Crippen molar-refractivity contribution in [1.82, 2.24) is 0 Å². The fraction of sp³-hybridized carbons (Fsp3) is 0.889. The number of aliphatic hydroxyl groups excluding tert-OH is 1. The van der Waals surface area contributed by atoms with E-state index in [-0.39, 0.29) is 5.92 Å². The van der Waals surface area contributed by atoms with E-state index in [1.165, 1.54) is 0 Å². The standard InChI is InChI=1S/C9H16O4/c1-3-4-12-9(11)8-7(10)6(2)5-13-8/h6-8,10H,3-5H2,1-2H3/t6-,7+,8-/m0/s1. The minimum Gasteiger partial charge on any atom is -0.464 e. The van der Waals surface area contributed by atoms with Crippen LogP contribution in [0.3, 0.4) is 0 Å². The lowest BCUT2D eigenvalue weighted by molar-refractivity contribution is -0.158. The van der Waals surface area contributed by atoms with E-state index in [0.717, 1.165) is 6.42 Å². The quantitative estimate of drug-likeness (QED) is 0.649. The number of aliphatic hydroxyl groups is 1. The maximum atomic E-state index is 11.3. The molecule has 76 valence electrons. The molecule has 0 aliphatic carbocycles. The van der Waals surface area contributed by atoms with E-state index in [2.05, 4.69) is 0 Å². The Balaban J connectivity index is 2.39. The van der Waals surface area contributed by atoms with Gasteiger partial charge in [-0.15, -0.1) is 0 Å². The highest BCUT2D eigenvalue weighted by atomic mass is 16.6. The molecule has 1 heterocycles. The highest BCUT2D eigenvalue weighted by Crippen LogP contribution is 2.20. The minimum absolute atomic E-state index is 0.0131. The van der Waals surface area contributed by atoms with Crippen LogP contribution in [0.5, 0.6) is 0 Å². The Kier molecular flexibility index (Phi) is 3.69. The molecule has 0 spiro atoms. The van der Waals surface area contributed by atoms with Crippen LogP contribution in [0, 0.1) is 5.92 Å². The van der Waals surface area contributed by atoms with E-state index in [0.29, 0.717) is 13.2 Å². The molecule has 0 unspecified atom stereocenters. The summed E-state index contributed by atoms with van der Waals surface area (Å²) in [5.41, 5.74) is 0. The van der Waals surface area contributed by atoms with Crippen molar-refractivity contribution in [3.8, 4) is 0 Å². The first-order valence-electron chi connectivity index (χ1n) is 4.63. The Morgan fingerprint density at radius 3 is 2.85 bits per heavy atom. The Bertz CT molecular complexity index is 180. The van der Waals surface area contributed by atoms with Crippen molar-refractivity contribution >= 4 is 5.97 Å². The Hall–Kier alpha value is -0.610. The molecule has 1 N–H and O–H groups in total. The van der Waals surface area contributed by atoms with Gasteiger partial charge in [-0.3, -0.25) is 0 Å². The normalized spacial score (nSPS) is 33.3. The molecule has 0 amide bonds. The lowest BCUT2D eigenvalue weighted by Crippen LogP contribution is -2.34. The van der Waals surface area contributed by atoms with Crippen LogP contribution < -0.4 is 0 Å². The topological polar surface area (TPSA) is 55.8 Å². The minimum atomic E-state index is -0.776. The van der Waals surface area contributed by atoms with Crippen molar-refractivity contribution in [3.05, 3.63) is 0 Å². The zero-order chi connectivity index (χ0) is 9.84. The Morgan fingerprint density at radius 1 is 1.69 bits per heavy atom. The molecule has 0 radical (unpaired) electrons. The summed E-state index contributed by atoms with van der Waals surface area (Å²) in [4.78, 5) is 11.3. The van der Waals surface area contributed by atoms with E-state index >= 15 is 0 Å². The van der Waals surface area contributed by atoms with Crippen LogP contribution in [0.4, 0.5) is 0 Å². The van der Waals surface area contributed by atoms with Crippen molar-refractivity contribution in [3.63, 3.8) is 0 Å². The van der Waals surface area contributed by atoms with Gasteiger partial charge in [0.2, 0.25) is 0 Å². The van der Waals surface area contributed by atoms with Crippen molar-refractivity contribution < 1.29 is 19.4 Å². The van der Waals surface area contributed by atoms with Crippen molar-refractivity contribution in [2.24, 2.45) is 5.92 Å². The van der Waals surface area contributed by atoms with E-state index in [9.17, 15) is 9.90 Å². The third kappa shape index (κ3) is 2.42. The molecule has 0 aromatic carbocycles. The van der Waals surface area contributed by atoms with E-state index in [1.807, 2.05) is 13.8 Å². The number of hydrogen-bond donors (Lipinski definition) is 1. The van der Waals surface area contributed by atoms with E-state index < -0.39 is 18.2 Å². The maximum Gasteiger partial charge on any atom is 0.337 e. The lowest BCUT2D eigenvalue weighted by atomic mass is 10.0. The summed E-state index contributed by atoms with van der Waals surface area (Å²) in [6.45, 7) is 4.58. The average molecular weight is 188 g/mol. The van der Waals surface area contributed by atoms with Gasteiger partial charge < -0.3 is 14.6 Å². The zero-order valence-corrected chi connectivity index (χ0v) is 8.03. The van der Waals surface area contributed by atoms with Gasteiger partial charge in [0.15, 0.2) is 6.10 Å². The number of carbonyl (C=O) groups excluding carboxylic acids is 1. The number of carbonyl (C=O) groups is 1. The van der Waals surface area contributed by atoms with E-state index in [1.54, 1.807) is 0 Å². The molecule has 1 aliphatic heterocycles. The first-order valence-corrected chi connectivity index (χ1v) is 4.63. The summed E-state index contributed by atoms with van der Waals surface area (Å²) in [7, 11) is 0. The monoisotopic (exact) mass is 188 g/mol. The second kappa shape index (κ2) is 4.58. The summed E-state index contributed by atoms with van der Waals surface area (Å²) < 4.78 is 9.98. The Morgan fingerprint density at radius 2 is 2.38 bits per heavy atom. The lowest BCUT2D eigenvalue weighted by Gasteiger charge is -2.13. The molecule has 0 aromatic rings. The SMILES string of the molecule is CCCOC(=O)[C@H]1OC[C@H](C)[C@H]1O. The van der Waals surface area contributed by atoms with Gasteiger partial charge in [0.05, 0.1) is 19.3 Å². The van der Waals surface area contributed by atoms with Gasteiger partial charge in [-0.25, -0.2) is 4.79 Å². The van der Waals surface area contributed by atoms with Gasteiger partial charge in [-0.2, -0.15) is 0 Å². The van der Waals surface area contributed by atoms with Gasteiger partial charge in [0.25, 0.3) is 0 Å². The van der Waals surface area contributed by atoms with Gasteiger partial charge in [-0.05, 0) is 6.42 Å². The van der Waals surface area contributed by atoms with Crippen molar-refractivity contribution in [2.45, 2.75) is 32.5 Å². The molecule has 1 fully saturated rings. The summed E-state index contributed by atoms with van der Waals surface area (Å²) in [6.07, 6.45) is -0.713. The first kappa shape index (κ1) is 10.5. The van der Waals surface area contributed by atoms with Gasteiger partial charge in [0.1, 0.15) is 0 Å². The highest BCUT2D eigenvalue weighted by Gasteiger charge is 2.38. The zero-order valence-electron chi connectivity index (χ0n) is 8.03. The van der Waals surface area contributed by atoms with Crippen LogP contribution in [0.1, 0.15) is 20.3 Å². The van der Waals surface area contributed by atoms with Crippen LogP contribution in [-0.2, 0) is 14.3 Å². The maximum absolute atomic E-state index is 11.3. The molecular formula is C9H16O4. The molecule has 13 heavy (non-hydrogen) atoms. The van der Waals surface area contributed by atoms with Crippen molar-refractivity contribution in [2.75, 3.05) is 13.2 Å². The number of hydrogen-bond acceptors (Lipinski definition) is 4. The fourth-order valence-electron chi connectivity index (χ4n) is 1.24. The largest absolute Gasteiger partial charge is 0.464 e. The molecule has 1 aliphatic rings. The summed E-state index contributed by atoms with van der Waals surface area (Å²) in [6, 6.07) is 0. The molecular weight excluding hydrogens is 172 g/mol.